The van der Waals surface area contributed by atoms with E-state index in [-0.39, 0.29) is 12.2 Å². The molecule has 2 fully saturated rings. The first-order chi connectivity index (χ1) is 15.6. The van der Waals surface area contributed by atoms with E-state index in [1.54, 1.807) is 0 Å². The summed E-state index contributed by atoms with van der Waals surface area (Å²) in [6, 6.07) is 9.42. The van der Waals surface area contributed by atoms with Crippen LogP contribution in [0.15, 0.2) is 54.1 Å². The summed E-state index contributed by atoms with van der Waals surface area (Å²) >= 11 is 0. The number of nitrogens with one attached hydrogen (secondary N) is 1. The summed E-state index contributed by atoms with van der Waals surface area (Å²) in [5.41, 5.74) is 4.56. The van der Waals surface area contributed by atoms with E-state index in [1.807, 2.05) is 37.3 Å². The lowest BCUT2D eigenvalue weighted by Gasteiger charge is -2.58. The van der Waals surface area contributed by atoms with Crippen LogP contribution in [0.1, 0.15) is 92.4 Å². The Labute approximate surface area is 202 Å². The van der Waals surface area contributed by atoms with Crippen molar-refractivity contribution in [2.24, 2.45) is 22.7 Å². The van der Waals surface area contributed by atoms with Gasteiger partial charge in [0.1, 0.15) is 6.10 Å². The van der Waals surface area contributed by atoms with Crippen molar-refractivity contribution in [1.82, 2.24) is 0 Å². The highest BCUT2D eigenvalue weighted by Gasteiger charge is 2.52. The largest absolute Gasteiger partial charge is 0.446 e. The number of carbonyl (C=O) groups excluding carboxylic acids is 1. The Bertz CT molecular complexity index is 840. The highest BCUT2D eigenvalue weighted by molar-refractivity contribution is 5.84. The van der Waals surface area contributed by atoms with Crippen LogP contribution < -0.4 is 5.32 Å². The maximum atomic E-state index is 12.1. The highest BCUT2D eigenvalue weighted by Crippen LogP contribution is 2.61. The summed E-state index contributed by atoms with van der Waals surface area (Å²) in [5, 5.41) is 2.78. The van der Waals surface area contributed by atoms with Crippen LogP contribution in [0.5, 0.6) is 0 Å². The first kappa shape index (κ1) is 25.6. The van der Waals surface area contributed by atoms with Crippen molar-refractivity contribution in [3.63, 3.8) is 0 Å². The summed E-state index contributed by atoms with van der Waals surface area (Å²) in [7, 11) is 0. The van der Waals surface area contributed by atoms with Gasteiger partial charge in [0.2, 0.25) is 0 Å². The smallest absolute Gasteiger partial charge is 0.411 e. The number of fused-ring (bicyclic) bond motifs is 1. The van der Waals surface area contributed by atoms with Crippen LogP contribution in [0, 0.1) is 22.7 Å². The zero-order valence-corrected chi connectivity index (χ0v) is 21.6. The van der Waals surface area contributed by atoms with Gasteiger partial charge in [-0.2, -0.15) is 0 Å². The van der Waals surface area contributed by atoms with E-state index in [1.165, 1.54) is 49.7 Å². The number of allylic oxidation sites excluding steroid dienone is 3. The molecule has 0 radical (unpaired) electrons. The van der Waals surface area contributed by atoms with E-state index < -0.39 is 0 Å². The number of ether oxygens (including phenoxy) is 1. The van der Waals surface area contributed by atoms with Gasteiger partial charge in [0.05, 0.1) is 0 Å². The fourth-order valence-corrected chi connectivity index (χ4v) is 6.76. The van der Waals surface area contributed by atoms with E-state index in [4.69, 9.17) is 4.74 Å². The summed E-state index contributed by atoms with van der Waals surface area (Å²) in [5.74, 6) is 1.46. The zero-order chi connectivity index (χ0) is 24.1. The minimum absolute atomic E-state index is 0.111. The van der Waals surface area contributed by atoms with Crippen LogP contribution in [0.25, 0.3) is 0 Å². The van der Waals surface area contributed by atoms with Crippen molar-refractivity contribution in [3.8, 4) is 0 Å². The third-order valence-corrected chi connectivity index (χ3v) is 8.54. The van der Waals surface area contributed by atoms with Crippen molar-refractivity contribution >= 4 is 11.8 Å². The van der Waals surface area contributed by atoms with E-state index in [2.05, 4.69) is 45.7 Å². The Morgan fingerprint density at radius 3 is 2.70 bits per heavy atom. The first-order valence-electron chi connectivity index (χ1n) is 13.0. The summed E-state index contributed by atoms with van der Waals surface area (Å²) in [6.45, 7) is 16.3. The molecule has 3 nitrogen and oxygen atoms in total. The first-order valence-corrected chi connectivity index (χ1v) is 13.0. The Hall–Kier alpha value is -2.03. The van der Waals surface area contributed by atoms with Crippen molar-refractivity contribution in [2.45, 2.75) is 98.5 Å². The topological polar surface area (TPSA) is 38.3 Å². The molecule has 1 N–H and O–H groups in total. The van der Waals surface area contributed by atoms with Crippen LogP contribution in [-0.2, 0) is 4.74 Å². The SMILES string of the molecule is C=C1CC[C@@H]2C(C)(C)CCC[C@]2(C)[C@@H]1CCC(C)=CCC[C@@H](C)OC(=O)Nc1ccccc1. The van der Waals surface area contributed by atoms with Gasteiger partial charge >= 0.3 is 6.09 Å². The maximum absolute atomic E-state index is 12.1. The van der Waals surface area contributed by atoms with Crippen LogP contribution in [-0.4, -0.2) is 12.2 Å². The fourth-order valence-electron chi connectivity index (χ4n) is 6.76. The Kier molecular flexibility index (Phi) is 8.48. The van der Waals surface area contributed by atoms with Crippen molar-refractivity contribution in [1.29, 1.82) is 0 Å². The van der Waals surface area contributed by atoms with Crippen LogP contribution in [0.2, 0.25) is 0 Å². The molecule has 3 rings (SSSR count). The van der Waals surface area contributed by atoms with Crippen LogP contribution in [0.4, 0.5) is 10.5 Å². The number of carbonyl (C=O) groups is 1. The van der Waals surface area contributed by atoms with Gasteiger partial charge in [-0.1, -0.05) is 69.2 Å². The molecule has 0 aliphatic heterocycles. The standard InChI is InChI=1S/C30H45NO2/c1-22(12-10-13-24(3)33-28(32)31-25-14-8-7-9-15-25)16-18-26-23(2)17-19-27-29(4,5)20-11-21-30(26,27)6/h7-9,12,14-15,24,26-27H,2,10-11,13,16-21H2,1,3-6H3,(H,31,32)/t24-,26-,27-,30-/m1/s1. The van der Waals surface area contributed by atoms with Gasteiger partial charge in [-0.25, -0.2) is 4.79 Å². The molecule has 0 unspecified atom stereocenters. The Morgan fingerprint density at radius 1 is 1.24 bits per heavy atom. The second-order valence-electron chi connectivity index (χ2n) is 11.5. The predicted molar refractivity (Wildman–Crippen MR) is 139 cm³/mol. The number of para-hydroxylation sites is 1. The average Bonchev–Trinajstić information content (AvgIpc) is 2.73. The van der Waals surface area contributed by atoms with Gasteiger partial charge in [-0.3, -0.25) is 5.32 Å². The monoisotopic (exact) mass is 451 g/mol. The lowest BCUT2D eigenvalue weighted by atomic mass is 9.47. The number of benzene rings is 1. The summed E-state index contributed by atoms with van der Waals surface area (Å²) in [4.78, 5) is 12.1. The van der Waals surface area contributed by atoms with Crippen molar-refractivity contribution < 1.29 is 9.53 Å². The van der Waals surface area contributed by atoms with Gasteiger partial charge in [0.25, 0.3) is 0 Å². The van der Waals surface area contributed by atoms with Crippen LogP contribution in [0.3, 0.4) is 0 Å². The second kappa shape index (κ2) is 10.9. The normalized spacial score (nSPS) is 28.0. The molecule has 0 spiro atoms. The van der Waals surface area contributed by atoms with E-state index in [0.29, 0.717) is 16.7 Å². The lowest BCUT2D eigenvalue weighted by molar-refractivity contribution is -0.0539. The molecular weight excluding hydrogens is 406 g/mol. The Balaban J connectivity index is 1.45. The summed E-state index contributed by atoms with van der Waals surface area (Å²) in [6.07, 6.45) is 12.6. The molecule has 1 aromatic carbocycles. The van der Waals surface area contributed by atoms with E-state index in [9.17, 15) is 4.79 Å². The van der Waals surface area contributed by atoms with Gasteiger partial charge in [-0.05, 0) is 100 Å². The molecule has 0 heterocycles. The molecule has 4 atom stereocenters. The van der Waals surface area contributed by atoms with E-state index >= 15 is 0 Å². The highest BCUT2D eigenvalue weighted by atomic mass is 16.6. The molecule has 1 amide bonds. The van der Waals surface area contributed by atoms with E-state index in [0.717, 1.165) is 30.9 Å². The number of hydrogen-bond acceptors (Lipinski definition) is 2. The molecule has 182 valence electrons. The molecule has 2 saturated carbocycles. The van der Waals surface area contributed by atoms with Gasteiger partial charge < -0.3 is 4.74 Å². The lowest BCUT2D eigenvalue weighted by Crippen LogP contribution is -2.49. The summed E-state index contributed by atoms with van der Waals surface area (Å²) < 4.78 is 5.51. The predicted octanol–water partition coefficient (Wildman–Crippen LogP) is 8.93. The molecule has 0 saturated heterocycles. The second-order valence-corrected chi connectivity index (χ2v) is 11.5. The molecule has 3 heteroatoms. The molecule has 2 aliphatic rings. The minimum Gasteiger partial charge on any atom is -0.446 e. The zero-order valence-electron chi connectivity index (χ0n) is 21.6. The third-order valence-electron chi connectivity index (χ3n) is 8.54. The molecule has 0 aromatic heterocycles. The molecule has 0 bridgehead atoms. The maximum Gasteiger partial charge on any atom is 0.411 e. The van der Waals surface area contributed by atoms with Crippen LogP contribution >= 0.6 is 0 Å². The molecule has 33 heavy (non-hydrogen) atoms. The number of amides is 1. The number of rotatable bonds is 8. The number of hydrogen-bond donors (Lipinski definition) is 1. The fraction of sp³-hybridized carbons (Fsp3) is 0.633. The molecular formula is C30H45NO2. The third kappa shape index (κ3) is 6.52. The Morgan fingerprint density at radius 2 is 1.97 bits per heavy atom. The molecule has 2 aliphatic carbocycles. The number of anilines is 1. The van der Waals surface area contributed by atoms with Gasteiger partial charge in [0.15, 0.2) is 0 Å². The van der Waals surface area contributed by atoms with Crippen molar-refractivity contribution in [3.05, 3.63) is 54.1 Å². The van der Waals surface area contributed by atoms with Gasteiger partial charge in [0, 0.05) is 5.69 Å². The van der Waals surface area contributed by atoms with Crippen molar-refractivity contribution in [2.75, 3.05) is 5.32 Å². The van der Waals surface area contributed by atoms with Gasteiger partial charge in [-0.15, -0.1) is 0 Å². The minimum atomic E-state index is -0.386. The molecule has 1 aromatic rings. The quantitative estimate of drug-likeness (QED) is 0.401. The average molecular weight is 452 g/mol.